The Labute approximate surface area is 108 Å². The van der Waals surface area contributed by atoms with Gasteiger partial charge in [-0.2, -0.15) is 5.26 Å². The summed E-state index contributed by atoms with van der Waals surface area (Å²) < 4.78 is 5.92. The van der Waals surface area contributed by atoms with Crippen LogP contribution in [0.25, 0.3) is 0 Å². The van der Waals surface area contributed by atoms with E-state index in [4.69, 9.17) is 10.00 Å². The zero-order valence-electron chi connectivity index (χ0n) is 11.2. The molecular formula is C14H19N3O. The van der Waals surface area contributed by atoms with Gasteiger partial charge < -0.3 is 10.1 Å². The second-order valence-corrected chi connectivity index (χ2v) is 4.97. The zero-order valence-corrected chi connectivity index (χ0v) is 11.2. The smallest absolute Gasteiger partial charge is 0.141 e. The summed E-state index contributed by atoms with van der Waals surface area (Å²) in [5.74, 6) is 1.39. The molecule has 96 valence electrons. The van der Waals surface area contributed by atoms with Gasteiger partial charge in [-0.25, -0.2) is 0 Å². The average molecular weight is 245 g/mol. The Morgan fingerprint density at radius 2 is 2.22 bits per heavy atom. The second-order valence-electron chi connectivity index (χ2n) is 4.97. The van der Waals surface area contributed by atoms with Gasteiger partial charge in [0.2, 0.25) is 0 Å². The van der Waals surface area contributed by atoms with Gasteiger partial charge in [-0.3, -0.25) is 4.98 Å². The first-order valence-electron chi connectivity index (χ1n) is 6.33. The lowest BCUT2D eigenvalue weighted by Crippen LogP contribution is -2.38. The predicted octanol–water partition coefficient (Wildman–Crippen LogP) is 1.95. The Kier molecular flexibility index (Phi) is 3.83. The predicted molar refractivity (Wildman–Crippen MR) is 69.5 cm³/mol. The molecule has 2 rings (SSSR count). The summed E-state index contributed by atoms with van der Waals surface area (Å²) in [4.78, 5) is 4.29. The van der Waals surface area contributed by atoms with E-state index in [2.05, 4.69) is 16.4 Å². The molecule has 4 heteroatoms. The summed E-state index contributed by atoms with van der Waals surface area (Å²) in [5, 5.41) is 12.3. The highest BCUT2D eigenvalue weighted by molar-refractivity contribution is 5.46. The Morgan fingerprint density at radius 3 is 2.83 bits per heavy atom. The third-order valence-corrected chi connectivity index (χ3v) is 3.38. The third kappa shape index (κ3) is 2.62. The molecule has 1 aliphatic carbocycles. The van der Waals surface area contributed by atoms with E-state index in [1.165, 1.54) is 0 Å². The number of rotatable bonds is 4. The molecule has 0 saturated heterocycles. The van der Waals surface area contributed by atoms with Crippen LogP contribution in [-0.4, -0.2) is 24.7 Å². The normalized spacial score (nSPS) is 22.1. The highest BCUT2D eigenvalue weighted by atomic mass is 16.5. The van der Waals surface area contributed by atoms with Crippen molar-refractivity contribution in [3.8, 4) is 11.8 Å². The number of aromatic nitrogens is 1. The summed E-state index contributed by atoms with van der Waals surface area (Å²) in [5.41, 5.74) is 2.21. The lowest BCUT2D eigenvalue weighted by molar-refractivity contribution is 0.0653. The minimum Gasteiger partial charge on any atom is -0.489 e. The van der Waals surface area contributed by atoms with Gasteiger partial charge in [0, 0.05) is 11.8 Å². The van der Waals surface area contributed by atoms with Gasteiger partial charge in [0.25, 0.3) is 0 Å². The van der Waals surface area contributed by atoms with Crippen LogP contribution in [-0.2, 0) is 0 Å². The number of nitriles is 1. The van der Waals surface area contributed by atoms with Crippen molar-refractivity contribution in [2.75, 3.05) is 13.6 Å². The molecule has 4 nitrogen and oxygen atoms in total. The third-order valence-electron chi connectivity index (χ3n) is 3.38. The van der Waals surface area contributed by atoms with E-state index in [1.54, 1.807) is 0 Å². The fourth-order valence-corrected chi connectivity index (χ4v) is 2.43. The first-order chi connectivity index (χ1) is 8.63. The van der Waals surface area contributed by atoms with Crippen LogP contribution in [0.1, 0.15) is 29.8 Å². The van der Waals surface area contributed by atoms with Crippen molar-refractivity contribution >= 4 is 0 Å². The van der Waals surface area contributed by atoms with Crippen molar-refractivity contribution in [1.29, 1.82) is 5.26 Å². The number of nitrogens with zero attached hydrogens (tertiary/aromatic N) is 2. The molecule has 1 aromatic rings. The Morgan fingerprint density at radius 1 is 1.50 bits per heavy atom. The number of hydrogen-bond acceptors (Lipinski definition) is 4. The van der Waals surface area contributed by atoms with Crippen LogP contribution in [0.2, 0.25) is 0 Å². The van der Waals surface area contributed by atoms with Crippen LogP contribution >= 0.6 is 0 Å². The standard InChI is InChI=1S/C14H19N3O/c1-9-4-14(13(7-15)10(2)17-9)18-12-5-11(6-12)8-16-3/h4,11-12,16H,5-6,8H2,1-3H3. The summed E-state index contributed by atoms with van der Waals surface area (Å²) in [6.45, 7) is 4.81. The van der Waals surface area contributed by atoms with Crippen molar-refractivity contribution in [2.45, 2.75) is 32.8 Å². The molecule has 0 atom stereocenters. The molecule has 1 fully saturated rings. The Balaban J connectivity index is 2.05. The maximum absolute atomic E-state index is 9.15. The molecule has 18 heavy (non-hydrogen) atoms. The first-order valence-corrected chi connectivity index (χ1v) is 6.33. The van der Waals surface area contributed by atoms with Crippen LogP contribution in [0.15, 0.2) is 6.07 Å². The van der Waals surface area contributed by atoms with E-state index in [-0.39, 0.29) is 6.10 Å². The van der Waals surface area contributed by atoms with Crippen molar-refractivity contribution in [2.24, 2.45) is 5.92 Å². The summed E-state index contributed by atoms with van der Waals surface area (Å²) in [6.07, 6.45) is 2.37. The lowest BCUT2D eigenvalue weighted by Gasteiger charge is -2.35. The van der Waals surface area contributed by atoms with E-state index in [0.717, 1.165) is 30.8 Å². The van der Waals surface area contributed by atoms with Crippen molar-refractivity contribution in [1.82, 2.24) is 10.3 Å². The van der Waals surface area contributed by atoms with Crippen LogP contribution in [0.4, 0.5) is 0 Å². The van der Waals surface area contributed by atoms with Gasteiger partial charge >= 0.3 is 0 Å². The van der Waals surface area contributed by atoms with E-state index < -0.39 is 0 Å². The Hall–Kier alpha value is -1.60. The molecule has 0 unspecified atom stereocenters. The molecule has 1 aliphatic rings. The van der Waals surface area contributed by atoms with Gasteiger partial charge in [-0.15, -0.1) is 0 Å². The lowest BCUT2D eigenvalue weighted by atomic mass is 9.82. The molecule has 0 aromatic carbocycles. The summed E-state index contributed by atoms with van der Waals surface area (Å²) >= 11 is 0. The second kappa shape index (κ2) is 5.36. The number of ether oxygens (including phenoxy) is 1. The van der Waals surface area contributed by atoms with E-state index >= 15 is 0 Å². The molecule has 0 radical (unpaired) electrons. The van der Waals surface area contributed by atoms with Crippen LogP contribution in [0.3, 0.4) is 0 Å². The quantitative estimate of drug-likeness (QED) is 0.880. The first kappa shape index (κ1) is 12.8. The molecule has 0 aliphatic heterocycles. The summed E-state index contributed by atoms with van der Waals surface area (Å²) in [7, 11) is 1.97. The summed E-state index contributed by atoms with van der Waals surface area (Å²) in [6, 6.07) is 4.04. The van der Waals surface area contributed by atoms with Gasteiger partial charge in [-0.05, 0) is 46.2 Å². The van der Waals surface area contributed by atoms with E-state index in [0.29, 0.717) is 17.2 Å². The van der Waals surface area contributed by atoms with Crippen molar-refractivity contribution in [3.63, 3.8) is 0 Å². The van der Waals surface area contributed by atoms with Crippen molar-refractivity contribution in [3.05, 3.63) is 23.0 Å². The Bertz CT molecular complexity index is 473. The molecule has 1 heterocycles. The van der Waals surface area contributed by atoms with Gasteiger partial charge in [0.1, 0.15) is 17.4 Å². The molecular weight excluding hydrogens is 226 g/mol. The fourth-order valence-electron chi connectivity index (χ4n) is 2.43. The molecule has 1 N–H and O–H groups in total. The highest BCUT2D eigenvalue weighted by Crippen LogP contribution is 2.32. The van der Waals surface area contributed by atoms with Crippen LogP contribution in [0.5, 0.6) is 5.75 Å². The monoisotopic (exact) mass is 245 g/mol. The number of hydrogen-bond donors (Lipinski definition) is 1. The van der Waals surface area contributed by atoms with Gasteiger partial charge in [-0.1, -0.05) is 0 Å². The fraction of sp³-hybridized carbons (Fsp3) is 0.571. The molecule has 1 saturated carbocycles. The van der Waals surface area contributed by atoms with Gasteiger partial charge in [0.15, 0.2) is 0 Å². The van der Waals surface area contributed by atoms with E-state index in [9.17, 15) is 0 Å². The number of aryl methyl sites for hydroxylation is 2. The molecule has 1 aromatic heterocycles. The average Bonchev–Trinajstić information content (AvgIpc) is 2.25. The largest absolute Gasteiger partial charge is 0.489 e. The molecule has 0 spiro atoms. The zero-order chi connectivity index (χ0) is 13.1. The van der Waals surface area contributed by atoms with Gasteiger partial charge in [0.05, 0.1) is 11.8 Å². The van der Waals surface area contributed by atoms with Crippen molar-refractivity contribution < 1.29 is 4.74 Å². The highest BCUT2D eigenvalue weighted by Gasteiger charge is 2.30. The number of pyridine rings is 1. The molecule has 0 amide bonds. The van der Waals surface area contributed by atoms with E-state index in [1.807, 2.05) is 27.0 Å². The SMILES string of the molecule is CNCC1CC(Oc2cc(C)nc(C)c2C#N)C1. The van der Waals surface area contributed by atoms with Crippen LogP contribution < -0.4 is 10.1 Å². The minimum absolute atomic E-state index is 0.247. The maximum Gasteiger partial charge on any atom is 0.141 e. The minimum atomic E-state index is 0.247. The number of nitrogens with one attached hydrogen (secondary N) is 1. The topological polar surface area (TPSA) is 57.9 Å². The maximum atomic E-state index is 9.15. The molecule has 0 bridgehead atoms. The van der Waals surface area contributed by atoms with Crippen LogP contribution in [0, 0.1) is 31.1 Å².